The van der Waals surface area contributed by atoms with Gasteiger partial charge in [0, 0.05) is 12.2 Å². The van der Waals surface area contributed by atoms with Crippen molar-refractivity contribution in [1.82, 2.24) is 0 Å². The van der Waals surface area contributed by atoms with Crippen LogP contribution in [0.15, 0.2) is 18.2 Å². The smallest absolute Gasteiger partial charge is 0.101 e. The number of hydrogen-bond acceptors (Lipinski definition) is 5. The lowest BCUT2D eigenvalue weighted by Gasteiger charge is -2.11. The first kappa shape index (κ1) is 11.3. The van der Waals surface area contributed by atoms with Crippen LogP contribution in [0.5, 0.6) is 0 Å². The number of anilines is 2. The molecule has 0 amide bonds. The first-order valence-corrected chi connectivity index (χ1v) is 4.49. The van der Waals surface area contributed by atoms with E-state index in [1.165, 1.54) is 0 Å². The number of nitrogens with two attached hydrogens (primary N) is 1. The predicted octanol–water partition coefficient (Wildman–Crippen LogP) is -0.0944. The van der Waals surface area contributed by atoms with Crippen LogP contribution in [-0.4, -0.2) is 29.5 Å². The van der Waals surface area contributed by atoms with Crippen molar-refractivity contribution in [2.45, 2.75) is 6.10 Å². The number of nitrogen functional groups attached to an aromatic ring is 1. The topological polar surface area (TPSA) is 102 Å². The number of aliphatic hydroxyl groups excluding tert-OH is 2. The molecular formula is C10H13N3O2. The largest absolute Gasteiger partial charge is 0.399 e. The second kappa shape index (κ2) is 5.20. The molecule has 0 radical (unpaired) electrons. The van der Waals surface area contributed by atoms with E-state index in [1.807, 2.05) is 6.07 Å². The summed E-state index contributed by atoms with van der Waals surface area (Å²) in [5, 5.41) is 29.4. The van der Waals surface area contributed by atoms with Crippen LogP contribution in [0.2, 0.25) is 0 Å². The molecule has 0 fully saturated rings. The van der Waals surface area contributed by atoms with Gasteiger partial charge in [0.2, 0.25) is 0 Å². The number of benzene rings is 1. The quantitative estimate of drug-likeness (QED) is 0.516. The molecule has 0 heterocycles. The molecule has 0 bridgehead atoms. The zero-order valence-corrected chi connectivity index (χ0v) is 8.14. The van der Waals surface area contributed by atoms with E-state index < -0.39 is 6.10 Å². The highest BCUT2D eigenvalue weighted by molar-refractivity contribution is 5.62. The van der Waals surface area contributed by atoms with Crippen LogP contribution >= 0.6 is 0 Å². The Morgan fingerprint density at radius 1 is 1.53 bits per heavy atom. The third-order valence-corrected chi connectivity index (χ3v) is 1.90. The molecule has 1 aromatic rings. The Bertz CT molecular complexity index is 373. The molecule has 5 nitrogen and oxygen atoms in total. The average molecular weight is 207 g/mol. The zero-order valence-electron chi connectivity index (χ0n) is 8.14. The van der Waals surface area contributed by atoms with E-state index in [1.54, 1.807) is 18.2 Å². The second-order valence-corrected chi connectivity index (χ2v) is 3.13. The van der Waals surface area contributed by atoms with Gasteiger partial charge in [-0.1, -0.05) is 0 Å². The highest BCUT2D eigenvalue weighted by Gasteiger charge is 2.05. The molecule has 0 spiro atoms. The Labute approximate surface area is 87.8 Å². The van der Waals surface area contributed by atoms with E-state index in [4.69, 9.17) is 21.2 Å². The minimum atomic E-state index is -0.839. The fraction of sp³-hybridized carbons (Fsp3) is 0.300. The van der Waals surface area contributed by atoms with Crippen molar-refractivity contribution in [2.24, 2.45) is 0 Å². The van der Waals surface area contributed by atoms with Gasteiger partial charge < -0.3 is 21.3 Å². The van der Waals surface area contributed by atoms with Gasteiger partial charge in [-0.25, -0.2) is 0 Å². The van der Waals surface area contributed by atoms with Crippen LogP contribution in [0.1, 0.15) is 5.56 Å². The van der Waals surface area contributed by atoms with Crippen molar-refractivity contribution in [3.63, 3.8) is 0 Å². The summed E-state index contributed by atoms with van der Waals surface area (Å²) in [6.45, 7) is -0.126. The predicted molar refractivity (Wildman–Crippen MR) is 57.2 cm³/mol. The lowest BCUT2D eigenvalue weighted by molar-refractivity contribution is 0.105. The lowest BCUT2D eigenvalue weighted by atomic mass is 10.1. The Morgan fingerprint density at radius 3 is 2.87 bits per heavy atom. The Hall–Kier alpha value is -1.77. The molecular weight excluding hydrogens is 194 g/mol. The van der Waals surface area contributed by atoms with Gasteiger partial charge in [-0.3, -0.25) is 0 Å². The maximum absolute atomic E-state index is 9.12. The van der Waals surface area contributed by atoms with Crippen LogP contribution in [0.3, 0.4) is 0 Å². The molecule has 15 heavy (non-hydrogen) atoms. The lowest BCUT2D eigenvalue weighted by Crippen LogP contribution is -2.23. The van der Waals surface area contributed by atoms with Crippen LogP contribution in [-0.2, 0) is 0 Å². The minimum Gasteiger partial charge on any atom is -0.399 e. The molecule has 0 aliphatic rings. The van der Waals surface area contributed by atoms with Gasteiger partial charge in [0.25, 0.3) is 0 Å². The molecule has 0 aliphatic heterocycles. The van der Waals surface area contributed by atoms with Crippen LogP contribution < -0.4 is 11.1 Å². The third-order valence-electron chi connectivity index (χ3n) is 1.90. The van der Waals surface area contributed by atoms with E-state index in [9.17, 15) is 0 Å². The Kier molecular flexibility index (Phi) is 3.92. The summed E-state index contributed by atoms with van der Waals surface area (Å²) in [4.78, 5) is 0. The SMILES string of the molecule is N#Cc1cc(N)ccc1NCC(O)CO. The fourth-order valence-electron chi connectivity index (χ4n) is 1.10. The molecule has 1 unspecified atom stereocenters. The average Bonchev–Trinajstić information content (AvgIpc) is 2.26. The molecule has 0 aliphatic carbocycles. The number of hydrogen-bond donors (Lipinski definition) is 4. The van der Waals surface area contributed by atoms with E-state index in [-0.39, 0.29) is 13.2 Å². The third kappa shape index (κ3) is 3.13. The standard InChI is InChI=1S/C10H13N3O2/c11-4-7-3-8(12)1-2-10(7)13-5-9(15)6-14/h1-3,9,13-15H,5-6,12H2. The second-order valence-electron chi connectivity index (χ2n) is 3.13. The highest BCUT2D eigenvalue weighted by Crippen LogP contribution is 2.17. The number of nitriles is 1. The maximum atomic E-state index is 9.12. The molecule has 5 heteroatoms. The van der Waals surface area contributed by atoms with Gasteiger partial charge in [-0.2, -0.15) is 5.26 Å². The van der Waals surface area contributed by atoms with Gasteiger partial charge in [0.05, 0.1) is 24.0 Å². The van der Waals surface area contributed by atoms with Crippen LogP contribution in [0.4, 0.5) is 11.4 Å². The fourth-order valence-corrected chi connectivity index (χ4v) is 1.10. The Morgan fingerprint density at radius 2 is 2.27 bits per heavy atom. The van der Waals surface area contributed by atoms with E-state index in [2.05, 4.69) is 5.32 Å². The highest BCUT2D eigenvalue weighted by atomic mass is 16.3. The molecule has 1 rings (SSSR count). The number of nitrogens with zero attached hydrogens (tertiary/aromatic N) is 1. The molecule has 0 saturated carbocycles. The van der Waals surface area contributed by atoms with Crippen molar-refractivity contribution >= 4 is 11.4 Å². The molecule has 5 N–H and O–H groups in total. The minimum absolute atomic E-state index is 0.190. The van der Waals surface area contributed by atoms with Gasteiger partial charge in [0.1, 0.15) is 6.07 Å². The molecule has 1 atom stereocenters. The van der Waals surface area contributed by atoms with Gasteiger partial charge in [-0.05, 0) is 18.2 Å². The van der Waals surface area contributed by atoms with Crippen molar-refractivity contribution in [3.05, 3.63) is 23.8 Å². The van der Waals surface area contributed by atoms with Crippen molar-refractivity contribution in [3.8, 4) is 6.07 Å². The number of aliphatic hydroxyl groups is 2. The first-order valence-electron chi connectivity index (χ1n) is 4.49. The summed E-state index contributed by atoms with van der Waals surface area (Å²) in [6, 6.07) is 6.87. The molecule has 80 valence electrons. The zero-order chi connectivity index (χ0) is 11.3. The maximum Gasteiger partial charge on any atom is 0.101 e. The number of rotatable bonds is 4. The van der Waals surface area contributed by atoms with Gasteiger partial charge in [-0.15, -0.1) is 0 Å². The Balaban J connectivity index is 2.73. The summed E-state index contributed by atoms with van der Waals surface area (Å²) in [7, 11) is 0. The summed E-state index contributed by atoms with van der Waals surface area (Å²) in [5.74, 6) is 0. The molecule has 0 aromatic heterocycles. The van der Waals surface area contributed by atoms with E-state index in [0.717, 1.165) is 0 Å². The van der Waals surface area contributed by atoms with Crippen molar-refractivity contribution in [1.29, 1.82) is 5.26 Å². The van der Waals surface area contributed by atoms with Crippen LogP contribution in [0, 0.1) is 11.3 Å². The summed E-state index contributed by atoms with van der Waals surface area (Å²) < 4.78 is 0. The summed E-state index contributed by atoms with van der Waals surface area (Å²) in [6.07, 6.45) is -0.839. The summed E-state index contributed by atoms with van der Waals surface area (Å²) in [5.41, 5.74) is 7.04. The van der Waals surface area contributed by atoms with Crippen molar-refractivity contribution in [2.75, 3.05) is 24.2 Å². The first-order chi connectivity index (χ1) is 7.17. The van der Waals surface area contributed by atoms with E-state index in [0.29, 0.717) is 16.9 Å². The number of nitrogens with one attached hydrogen (secondary N) is 1. The van der Waals surface area contributed by atoms with Crippen molar-refractivity contribution < 1.29 is 10.2 Å². The van der Waals surface area contributed by atoms with Gasteiger partial charge in [0.15, 0.2) is 0 Å². The normalized spacial score (nSPS) is 11.8. The monoisotopic (exact) mass is 207 g/mol. The van der Waals surface area contributed by atoms with E-state index >= 15 is 0 Å². The van der Waals surface area contributed by atoms with Crippen LogP contribution in [0.25, 0.3) is 0 Å². The molecule has 0 saturated heterocycles. The summed E-state index contributed by atoms with van der Waals surface area (Å²) >= 11 is 0. The molecule has 1 aromatic carbocycles. The van der Waals surface area contributed by atoms with Gasteiger partial charge >= 0.3 is 0 Å².